The number of amidine groups is 1. The van der Waals surface area contributed by atoms with E-state index in [0.717, 1.165) is 29.1 Å². The Labute approximate surface area is 160 Å². The SMILES string of the molecule is NC1=NC2(CCOc3ccc(NC(=O)c4ccc(CCl)cn4)cc32)CS1. The Morgan fingerprint density at radius 2 is 2.27 bits per heavy atom. The molecule has 1 atom stereocenters. The van der Waals surface area contributed by atoms with Crippen molar-refractivity contribution in [1.82, 2.24) is 4.98 Å². The first-order valence-electron chi connectivity index (χ1n) is 8.17. The smallest absolute Gasteiger partial charge is 0.274 e. The van der Waals surface area contributed by atoms with Crippen molar-refractivity contribution in [3.8, 4) is 5.75 Å². The quantitative estimate of drug-likeness (QED) is 0.788. The summed E-state index contributed by atoms with van der Waals surface area (Å²) in [6.45, 7) is 0.604. The molecule has 3 N–H and O–H groups in total. The number of ether oxygens (including phenoxy) is 1. The zero-order valence-corrected chi connectivity index (χ0v) is 15.4. The van der Waals surface area contributed by atoms with E-state index in [1.807, 2.05) is 18.2 Å². The second kappa shape index (κ2) is 6.81. The standard InChI is InChI=1S/C18H17ClN4O2S/c19-8-11-1-3-14(21-9-11)16(24)22-12-2-4-15-13(7-12)18(5-6-25-15)10-26-17(20)23-18/h1-4,7,9H,5-6,8,10H2,(H2,20,23)(H,22,24). The minimum absolute atomic E-state index is 0.277. The third-order valence-corrected chi connectivity index (χ3v) is 5.82. The van der Waals surface area contributed by atoms with E-state index in [-0.39, 0.29) is 11.4 Å². The Hall–Kier alpha value is -2.25. The van der Waals surface area contributed by atoms with Gasteiger partial charge < -0.3 is 15.8 Å². The van der Waals surface area contributed by atoms with Gasteiger partial charge in [-0.25, -0.2) is 0 Å². The molecule has 4 rings (SSSR count). The van der Waals surface area contributed by atoms with Crippen LogP contribution >= 0.6 is 23.4 Å². The summed E-state index contributed by atoms with van der Waals surface area (Å²) in [4.78, 5) is 21.3. The summed E-state index contributed by atoms with van der Waals surface area (Å²) >= 11 is 7.30. The number of nitrogens with zero attached hydrogens (tertiary/aromatic N) is 2. The van der Waals surface area contributed by atoms with E-state index >= 15 is 0 Å². The molecule has 134 valence electrons. The molecule has 2 aliphatic heterocycles. The molecule has 2 aromatic rings. The van der Waals surface area contributed by atoms with Gasteiger partial charge in [0, 0.05) is 35.5 Å². The largest absolute Gasteiger partial charge is 0.493 e. The Balaban J connectivity index is 1.60. The molecule has 2 aliphatic rings. The lowest BCUT2D eigenvalue weighted by Crippen LogP contribution is -2.32. The number of hydrogen-bond donors (Lipinski definition) is 2. The average Bonchev–Trinajstić information content (AvgIpc) is 3.04. The molecular formula is C18H17ClN4O2S. The van der Waals surface area contributed by atoms with E-state index in [0.29, 0.717) is 29.0 Å². The monoisotopic (exact) mass is 388 g/mol. The van der Waals surface area contributed by atoms with E-state index in [4.69, 9.17) is 22.1 Å². The lowest BCUT2D eigenvalue weighted by atomic mass is 9.86. The van der Waals surface area contributed by atoms with Crippen molar-refractivity contribution in [2.24, 2.45) is 10.7 Å². The highest BCUT2D eigenvalue weighted by Crippen LogP contribution is 2.46. The van der Waals surface area contributed by atoms with Crippen LogP contribution < -0.4 is 15.8 Å². The maximum absolute atomic E-state index is 12.5. The fourth-order valence-electron chi connectivity index (χ4n) is 3.13. The molecule has 26 heavy (non-hydrogen) atoms. The van der Waals surface area contributed by atoms with Crippen molar-refractivity contribution < 1.29 is 9.53 Å². The molecule has 1 unspecified atom stereocenters. The number of anilines is 1. The zero-order chi connectivity index (χ0) is 18.1. The maximum atomic E-state index is 12.5. The van der Waals surface area contributed by atoms with Gasteiger partial charge in [-0.05, 0) is 29.8 Å². The zero-order valence-electron chi connectivity index (χ0n) is 13.9. The molecular weight excluding hydrogens is 372 g/mol. The van der Waals surface area contributed by atoms with Gasteiger partial charge in [0.1, 0.15) is 17.0 Å². The lowest BCUT2D eigenvalue weighted by molar-refractivity contribution is 0.102. The highest BCUT2D eigenvalue weighted by molar-refractivity contribution is 8.14. The summed E-state index contributed by atoms with van der Waals surface area (Å²) in [5.41, 5.74) is 8.36. The van der Waals surface area contributed by atoms with Crippen LogP contribution in [0, 0.1) is 0 Å². The predicted octanol–water partition coefficient (Wildman–Crippen LogP) is 3.11. The van der Waals surface area contributed by atoms with Crippen LogP contribution in [0.2, 0.25) is 0 Å². The number of benzene rings is 1. The van der Waals surface area contributed by atoms with E-state index in [2.05, 4.69) is 15.3 Å². The number of rotatable bonds is 3. The average molecular weight is 389 g/mol. The van der Waals surface area contributed by atoms with Gasteiger partial charge >= 0.3 is 0 Å². The van der Waals surface area contributed by atoms with Crippen LogP contribution in [0.4, 0.5) is 5.69 Å². The topological polar surface area (TPSA) is 89.6 Å². The number of halogens is 1. The fraction of sp³-hybridized carbons (Fsp3) is 0.278. The normalized spacial score (nSPS) is 21.0. The molecule has 0 fully saturated rings. The van der Waals surface area contributed by atoms with Crippen molar-refractivity contribution in [2.45, 2.75) is 17.8 Å². The third kappa shape index (κ3) is 3.12. The Morgan fingerprint density at radius 3 is 2.96 bits per heavy atom. The number of aliphatic imine (C=N–C) groups is 1. The molecule has 1 aromatic carbocycles. The van der Waals surface area contributed by atoms with E-state index < -0.39 is 0 Å². The highest BCUT2D eigenvalue weighted by Gasteiger charge is 2.41. The van der Waals surface area contributed by atoms with Gasteiger partial charge in [-0.2, -0.15) is 0 Å². The van der Waals surface area contributed by atoms with Crippen molar-refractivity contribution in [1.29, 1.82) is 0 Å². The summed E-state index contributed by atoms with van der Waals surface area (Å²) in [6, 6.07) is 9.05. The number of carbonyl (C=O) groups is 1. The number of fused-ring (bicyclic) bond motifs is 2. The number of amides is 1. The van der Waals surface area contributed by atoms with Gasteiger partial charge in [-0.1, -0.05) is 17.8 Å². The second-order valence-corrected chi connectivity index (χ2v) is 7.48. The summed E-state index contributed by atoms with van der Waals surface area (Å²) in [5.74, 6) is 1.66. The number of hydrogen-bond acceptors (Lipinski definition) is 6. The first-order chi connectivity index (χ1) is 12.6. The predicted molar refractivity (Wildman–Crippen MR) is 104 cm³/mol. The van der Waals surface area contributed by atoms with E-state index in [1.54, 1.807) is 30.1 Å². The molecule has 3 heterocycles. The molecule has 0 aliphatic carbocycles. The van der Waals surface area contributed by atoms with Crippen molar-refractivity contribution >= 4 is 40.1 Å². The molecule has 0 bridgehead atoms. The van der Waals surface area contributed by atoms with Gasteiger partial charge in [0.05, 0.1) is 6.61 Å². The van der Waals surface area contributed by atoms with E-state index in [1.165, 1.54) is 0 Å². The fourth-order valence-corrected chi connectivity index (χ4v) is 4.28. The summed E-state index contributed by atoms with van der Waals surface area (Å²) in [5, 5.41) is 3.48. The number of carbonyl (C=O) groups excluding carboxylic acids is 1. The number of alkyl halides is 1. The summed E-state index contributed by atoms with van der Waals surface area (Å²) < 4.78 is 5.76. The van der Waals surface area contributed by atoms with Crippen LogP contribution in [0.25, 0.3) is 0 Å². The lowest BCUT2D eigenvalue weighted by Gasteiger charge is -2.32. The van der Waals surface area contributed by atoms with Crippen molar-refractivity contribution in [3.63, 3.8) is 0 Å². The van der Waals surface area contributed by atoms with Gasteiger partial charge in [0.25, 0.3) is 5.91 Å². The first-order valence-corrected chi connectivity index (χ1v) is 9.69. The minimum atomic E-state index is -0.372. The van der Waals surface area contributed by atoms with Crippen LogP contribution in [0.3, 0.4) is 0 Å². The van der Waals surface area contributed by atoms with E-state index in [9.17, 15) is 4.79 Å². The van der Waals surface area contributed by atoms with Crippen LogP contribution in [0.1, 0.15) is 28.0 Å². The highest BCUT2D eigenvalue weighted by atomic mass is 35.5. The van der Waals surface area contributed by atoms with Gasteiger partial charge in [0.2, 0.25) is 0 Å². The van der Waals surface area contributed by atoms with Crippen LogP contribution in [-0.2, 0) is 11.4 Å². The molecule has 0 saturated carbocycles. The molecule has 1 aromatic heterocycles. The minimum Gasteiger partial charge on any atom is -0.493 e. The van der Waals surface area contributed by atoms with Crippen LogP contribution in [0.5, 0.6) is 5.75 Å². The third-order valence-electron chi connectivity index (χ3n) is 4.51. The number of nitrogens with two attached hydrogens (primary N) is 1. The number of aromatic nitrogens is 1. The number of nitrogens with one attached hydrogen (secondary N) is 1. The number of thioether (sulfide) groups is 1. The maximum Gasteiger partial charge on any atom is 0.274 e. The second-order valence-electron chi connectivity index (χ2n) is 6.22. The molecule has 1 amide bonds. The van der Waals surface area contributed by atoms with Crippen LogP contribution in [0.15, 0.2) is 41.5 Å². The van der Waals surface area contributed by atoms with Gasteiger partial charge in [0.15, 0.2) is 5.17 Å². The number of pyridine rings is 1. The molecule has 1 spiro atoms. The Morgan fingerprint density at radius 1 is 1.38 bits per heavy atom. The Bertz CT molecular complexity index is 887. The summed E-state index contributed by atoms with van der Waals surface area (Å²) in [6.07, 6.45) is 2.37. The van der Waals surface area contributed by atoms with Crippen molar-refractivity contribution in [2.75, 3.05) is 17.7 Å². The van der Waals surface area contributed by atoms with Gasteiger partial charge in [-0.15, -0.1) is 11.6 Å². The summed E-state index contributed by atoms with van der Waals surface area (Å²) in [7, 11) is 0. The molecule has 0 radical (unpaired) electrons. The van der Waals surface area contributed by atoms with Crippen molar-refractivity contribution in [3.05, 3.63) is 53.3 Å². The van der Waals surface area contributed by atoms with Gasteiger partial charge in [-0.3, -0.25) is 14.8 Å². The van der Waals surface area contributed by atoms with Crippen LogP contribution in [-0.4, -0.2) is 28.4 Å². The Kier molecular flexibility index (Phi) is 4.50. The molecule has 0 saturated heterocycles. The molecule has 8 heteroatoms. The first kappa shape index (κ1) is 17.2. The molecule has 6 nitrogen and oxygen atoms in total.